The first kappa shape index (κ1) is 16.4. The molecule has 2 amide bonds. The zero-order valence-electron chi connectivity index (χ0n) is 13.6. The summed E-state index contributed by atoms with van der Waals surface area (Å²) in [6.45, 7) is 3.76. The SMILES string of the molecule is COc1ccc(N2C(=O)CC(Sc3nc(C)cc(C)n3)C2=O)cc1. The predicted octanol–water partition coefficient (Wildman–Crippen LogP) is 2.53. The number of benzene rings is 1. The molecule has 1 aliphatic heterocycles. The number of thioether (sulfide) groups is 1. The molecule has 0 aliphatic carbocycles. The van der Waals surface area contributed by atoms with Gasteiger partial charge >= 0.3 is 0 Å². The van der Waals surface area contributed by atoms with Gasteiger partial charge in [0.1, 0.15) is 11.0 Å². The Morgan fingerprint density at radius 2 is 1.75 bits per heavy atom. The molecule has 0 radical (unpaired) electrons. The minimum atomic E-state index is -0.499. The number of methoxy groups -OCH3 is 1. The van der Waals surface area contributed by atoms with Crippen molar-refractivity contribution in [2.24, 2.45) is 0 Å². The second-order valence-electron chi connectivity index (χ2n) is 5.51. The highest BCUT2D eigenvalue weighted by Gasteiger charge is 2.40. The van der Waals surface area contributed by atoms with Crippen molar-refractivity contribution in [1.29, 1.82) is 0 Å². The number of hydrogen-bond donors (Lipinski definition) is 0. The summed E-state index contributed by atoms with van der Waals surface area (Å²) in [5.41, 5.74) is 2.23. The van der Waals surface area contributed by atoms with Gasteiger partial charge in [0, 0.05) is 17.8 Å². The molecule has 0 saturated carbocycles. The van der Waals surface area contributed by atoms with Crippen LogP contribution in [0.15, 0.2) is 35.5 Å². The maximum absolute atomic E-state index is 12.6. The molecule has 2 heterocycles. The monoisotopic (exact) mass is 343 g/mol. The van der Waals surface area contributed by atoms with Crippen molar-refractivity contribution in [2.75, 3.05) is 12.0 Å². The fraction of sp³-hybridized carbons (Fsp3) is 0.294. The van der Waals surface area contributed by atoms with Gasteiger partial charge in [-0.05, 0) is 44.2 Å². The van der Waals surface area contributed by atoms with Gasteiger partial charge in [0.05, 0.1) is 12.8 Å². The van der Waals surface area contributed by atoms with Gasteiger partial charge in [-0.1, -0.05) is 11.8 Å². The summed E-state index contributed by atoms with van der Waals surface area (Å²) in [5.74, 6) is 0.220. The molecular weight excluding hydrogens is 326 g/mol. The number of aryl methyl sites for hydroxylation is 2. The van der Waals surface area contributed by atoms with E-state index in [1.54, 1.807) is 31.4 Å². The van der Waals surface area contributed by atoms with Gasteiger partial charge in [-0.2, -0.15) is 0 Å². The molecule has 1 saturated heterocycles. The maximum atomic E-state index is 12.6. The van der Waals surface area contributed by atoms with Gasteiger partial charge in [0.15, 0.2) is 5.16 Å². The van der Waals surface area contributed by atoms with Crippen molar-refractivity contribution >= 4 is 29.3 Å². The van der Waals surface area contributed by atoms with E-state index in [9.17, 15) is 9.59 Å². The van der Waals surface area contributed by atoms with E-state index in [1.165, 1.54) is 16.7 Å². The van der Waals surface area contributed by atoms with Crippen molar-refractivity contribution in [2.45, 2.75) is 30.7 Å². The minimum Gasteiger partial charge on any atom is -0.497 e. The van der Waals surface area contributed by atoms with E-state index in [-0.39, 0.29) is 18.2 Å². The number of rotatable bonds is 4. The highest BCUT2D eigenvalue weighted by Crippen LogP contribution is 2.33. The molecule has 6 nitrogen and oxygen atoms in total. The van der Waals surface area contributed by atoms with Crippen molar-refractivity contribution in [3.05, 3.63) is 41.7 Å². The molecule has 0 spiro atoms. The smallest absolute Gasteiger partial charge is 0.247 e. The molecule has 1 unspecified atom stereocenters. The quantitative estimate of drug-likeness (QED) is 0.627. The normalized spacial score (nSPS) is 17.5. The van der Waals surface area contributed by atoms with Gasteiger partial charge in [-0.25, -0.2) is 14.9 Å². The lowest BCUT2D eigenvalue weighted by molar-refractivity contribution is -0.121. The molecule has 7 heteroatoms. The summed E-state index contributed by atoms with van der Waals surface area (Å²) in [5, 5.41) is 0.0241. The third-order valence-electron chi connectivity index (χ3n) is 3.65. The average Bonchev–Trinajstić information content (AvgIpc) is 2.80. The summed E-state index contributed by atoms with van der Waals surface area (Å²) >= 11 is 1.24. The Labute approximate surface area is 144 Å². The van der Waals surface area contributed by atoms with Crippen LogP contribution in [0, 0.1) is 13.8 Å². The summed E-state index contributed by atoms with van der Waals surface area (Å²) in [7, 11) is 1.57. The van der Waals surface area contributed by atoms with Crippen molar-refractivity contribution in [1.82, 2.24) is 9.97 Å². The Balaban J connectivity index is 1.80. The zero-order valence-corrected chi connectivity index (χ0v) is 14.5. The predicted molar refractivity (Wildman–Crippen MR) is 91.3 cm³/mol. The van der Waals surface area contributed by atoms with E-state index in [4.69, 9.17) is 4.74 Å². The fourth-order valence-corrected chi connectivity index (χ4v) is 3.65. The largest absolute Gasteiger partial charge is 0.497 e. The zero-order chi connectivity index (χ0) is 17.3. The van der Waals surface area contributed by atoms with E-state index >= 15 is 0 Å². The first-order valence-electron chi connectivity index (χ1n) is 7.47. The van der Waals surface area contributed by atoms with E-state index in [0.29, 0.717) is 16.6 Å². The van der Waals surface area contributed by atoms with E-state index < -0.39 is 5.25 Å². The van der Waals surface area contributed by atoms with Crippen LogP contribution in [0.4, 0.5) is 5.69 Å². The molecule has 1 fully saturated rings. The lowest BCUT2D eigenvalue weighted by Gasteiger charge is -2.15. The number of imide groups is 1. The number of carbonyl (C=O) groups excluding carboxylic acids is 2. The number of carbonyl (C=O) groups is 2. The average molecular weight is 343 g/mol. The molecule has 0 bridgehead atoms. The van der Waals surface area contributed by atoms with Crippen molar-refractivity contribution < 1.29 is 14.3 Å². The highest BCUT2D eigenvalue weighted by atomic mass is 32.2. The molecule has 0 N–H and O–H groups in total. The van der Waals surface area contributed by atoms with Crippen LogP contribution in [0.25, 0.3) is 0 Å². The Hall–Kier alpha value is -2.41. The standard InChI is InChI=1S/C17H17N3O3S/c1-10-8-11(2)19-17(18-10)24-14-9-15(21)20(16(14)22)12-4-6-13(23-3)7-5-12/h4-8,14H,9H2,1-3H3. The molecule has 2 aromatic rings. The third kappa shape index (κ3) is 3.26. The molecule has 1 aliphatic rings. The van der Waals surface area contributed by atoms with Gasteiger partial charge in [-0.15, -0.1) is 0 Å². The van der Waals surface area contributed by atoms with Gasteiger partial charge in [0.2, 0.25) is 11.8 Å². The van der Waals surface area contributed by atoms with Gasteiger partial charge in [-0.3, -0.25) is 9.59 Å². The van der Waals surface area contributed by atoms with E-state index in [0.717, 1.165) is 11.4 Å². The number of hydrogen-bond acceptors (Lipinski definition) is 6. The van der Waals surface area contributed by atoms with E-state index in [2.05, 4.69) is 9.97 Å². The minimum absolute atomic E-state index is 0.145. The number of ether oxygens (including phenoxy) is 1. The Kier molecular flexibility index (Phi) is 4.53. The lowest BCUT2D eigenvalue weighted by Crippen LogP contribution is -2.31. The fourth-order valence-electron chi connectivity index (χ4n) is 2.57. The number of aromatic nitrogens is 2. The molecule has 124 valence electrons. The highest BCUT2D eigenvalue weighted by molar-refractivity contribution is 8.00. The van der Waals surface area contributed by atoms with Crippen LogP contribution in [-0.4, -0.2) is 34.1 Å². The van der Waals surface area contributed by atoms with Crippen molar-refractivity contribution in [3.8, 4) is 5.75 Å². The summed E-state index contributed by atoms with van der Waals surface area (Å²) < 4.78 is 5.10. The summed E-state index contributed by atoms with van der Waals surface area (Å²) in [6.07, 6.45) is 0.145. The van der Waals surface area contributed by atoms with Crippen LogP contribution in [-0.2, 0) is 9.59 Å². The van der Waals surface area contributed by atoms with Crippen LogP contribution in [0.1, 0.15) is 17.8 Å². The van der Waals surface area contributed by atoms with Crippen LogP contribution in [0.3, 0.4) is 0 Å². The Morgan fingerprint density at radius 3 is 2.33 bits per heavy atom. The molecule has 1 aromatic heterocycles. The van der Waals surface area contributed by atoms with Crippen molar-refractivity contribution in [3.63, 3.8) is 0 Å². The first-order valence-corrected chi connectivity index (χ1v) is 8.35. The van der Waals surface area contributed by atoms with Gasteiger partial charge < -0.3 is 4.74 Å². The van der Waals surface area contributed by atoms with Crippen LogP contribution >= 0.6 is 11.8 Å². The summed E-state index contributed by atoms with van der Waals surface area (Å²) in [4.78, 5) is 34.8. The molecule has 1 aromatic carbocycles. The third-order valence-corrected chi connectivity index (χ3v) is 4.69. The second kappa shape index (κ2) is 6.60. The number of amides is 2. The molecular formula is C17H17N3O3S. The number of anilines is 1. The molecule has 24 heavy (non-hydrogen) atoms. The summed E-state index contributed by atoms with van der Waals surface area (Å²) in [6, 6.07) is 8.73. The van der Waals surface area contributed by atoms with E-state index in [1.807, 2.05) is 19.9 Å². The molecule has 3 rings (SSSR count). The van der Waals surface area contributed by atoms with Crippen LogP contribution in [0.2, 0.25) is 0 Å². The lowest BCUT2D eigenvalue weighted by atomic mass is 10.3. The Morgan fingerprint density at radius 1 is 1.12 bits per heavy atom. The number of nitrogens with zero attached hydrogens (tertiary/aromatic N) is 3. The van der Waals surface area contributed by atoms with Crippen LogP contribution in [0.5, 0.6) is 5.75 Å². The van der Waals surface area contributed by atoms with Crippen LogP contribution < -0.4 is 9.64 Å². The first-order chi connectivity index (χ1) is 11.5. The Bertz CT molecular complexity index is 772. The maximum Gasteiger partial charge on any atom is 0.247 e. The molecule has 1 atom stereocenters. The topological polar surface area (TPSA) is 72.4 Å². The van der Waals surface area contributed by atoms with Gasteiger partial charge in [0.25, 0.3) is 0 Å². The second-order valence-corrected chi connectivity index (χ2v) is 6.68.